The molecule has 0 radical (unpaired) electrons. The van der Waals surface area contributed by atoms with Crippen molar-refractivity contribution in [2.24, 2.45) is 0 Å². The maximum Gasteiger partial charge on any atom is 0.296 e. The molecule has 3 aromatic rings. The summed E-state index contributed by atoms with van der Waals surface area (Å²) >= 11 is 0. The van der Waals surface area contributed by atoms with E-state index in [0.29, 0.717) is 66.1 Å². The van der Waals surface area contributed by atoms with Crippen LogP contribution in [0.4, 0.5) is 0 Å². The first-order chi connectivity index (χ1) is 29.9. The monoisotopic (exact) mass is 876 g/mol. The van der Waals surface area contributed by atoms with Crippen LogP contribution in [0.15, 0.2) is 78.7 Å². The number of likely N-dealkylation sites (tertiary alicyclic amines) is 2. The number of rotatable bonds is 23. The molecule has 0 aliphatic carbocycles. The molecule has 2 N–H and O–H groups in total. The molecule has 0 aromatic heterocycles. The van der Waals surface area contributed by atoms with Crippen molar-refractivity contribution in [1.82, 2.24) is 20.4 Å². The number of methoxy groups -OCH3 is 4. The quantitative estimate of drug-likeness (QED) is 0.0569. The number of hydrogen-bond acceptors (Lipinski definition) is 11. The van der Waals surface area contributed by atoms with Gasteiger partial charge >= 0.3 is 0 Å². The van der Waals surface area contributed by atoms with Gasteiger partial charge in [-0.1, -0.05) is 43.2 Å². The van der Waals surface area contributed by atoms with Crippen molar-refractivity contribution in [2.75, 3.05) is 74.3 Å². The van der Waals surface area contributed by atoms with Crippen molar-refractivity contribution >= 4 is 21.9 Å². The minimum atomic E-state index is -3.82. The average molecular weight is 877 g/mol. The van der Waals surface area contributed by atoms with E-state index in [1.54, 1.807) is 38.5 Å². The van der Waals surface area contributed by atoms with Crippen LogP contribution in [0, 0.1) is 6.92 Å². The minimum absolute atomic E-state index is 0.0207. The molecule has 0 unspecified atom stereocenters. The smallest absolute Gasteiger partial charge is 0.296 e. The second-order valence-electron chi connectivity index (χ2n) is 15.6. The van der Waals surface area contributed by atoms with Gasteiger partial charge in [-0.25, -0.2) is 0 Å². The molecule has 2 atom stereocenters. The fraction of sp³-hybridized carbons (Fsp3) is 0.500. The molecule has 3 aromatic carbocycles. The number of nitrogens with one attached hydrogen (secondary N) is 2. The molecule has 2 aliphatic rings. The molecular formula is C48H68N4O9S. The number of amides is 2. The Bertz CT molecular complexity index is 2040. The number of carbonyl (C=O) groups excluding carboxylic acids is 2. The topological polar surface area (TPSA) is 145 Å². The Kier molecular flexibility index (Phi) is 20.3. The third-order valence-electron chi connectivity index (χ3n) is 11.3. The molecule has 2 fully saturated rings. The van der Waals surface area contributed by atoms with Crippen LogP contribution in [0.25, 0.3) is 0 Å². The summed E-state index contributed by atoms with van der Waals surface area (Å²) in [6.07, 6.45) is 12.3. The SMILES string of the molecule is C=CCN1CCC[C@H]1CNC(=O)c1cc(CCCC)cc(OC)c1OC.C=CCN1CCC[C@H]1CNC(=O)c1cc(CCCOS(=O)(=O)c2ccc(C)cc2)cc(OC)c1OC. The molecule has 62 heavy (non-hydrogen) atoms. The molecule has 14 heteroatoms. The molecule has 0 bridgehead atoms. The molecule has 5 rings (SSSR count). The predicted octanol–water partition coefficient (Wildman–Crippen LogP) is 7.16. The summed E-state index contributed by atoms with van der Waals surface area (Å²) in [6.45, 7) is 16.6. The molecule has 2 heterocycles. The lowest BCUT2D eigenvalue weighted by atomic mass is 10.0. The van der Waals surface area contributed by atoms with Gasteiger partial charge in [0, 0.05) is 38.3 Å². The Balaban J connectivity index is 0.000000287. The van der Waals surface area contributed by atoms with Gasteiger partial charge in [-0.05, 0) is 119 Å². The molecule has 2 saturated heterocycles. The highest BCUT2D eigenvalue weighted by Gasteiger charge is 2.27. The van der Waals surface area contributed by atoms with E-state index in [1.807, 2.05) is 31.2 Å². The number of aryl methyl sites for hydroxylation is 3. The van der Waals surface area contributed by atoms with Crippen molar-refractivity contribution in [3.63, 3.8) is 0 Å². The van der Waals surface area contributed by atoms with Crippen LogP contribution in [0.3, 0.4) is 0 Å². The van der Waals surface area contributed by atoms with Crippen LogP contribution in [-0.2, 0) is 27.1 Å². The number of unbranched alkanes of at least 4 members (excludes halogenated alkanes) is 1. The van der Waals surface area contributed by atoms with Crippen LogP contribution in [-0.4, -0.2) is 116 Å². The zero-order valence-corrected chi connectivity index (χ0v) is 38.4. The van der Waals surface area contributed by atoms with Crippen LogP contribution in [0.2, 0.25) is 0 Å². The highest BCUT2D eigenvalue weighted by molar-refractivity contribution is 7.86. The fourth-order valence-electron chi connectivity index (χ4n) is 7.94. The van der Waals surface area contributed by atoms with E-state index in [1.165, 1.54) is 26.4 Å². The lowest BCUT2D eigenvalue weighted by Gasteiger charge is -2.23. The van der Waals surface area contributed by atoms with Crippen LogP contribution >= 0.6 is 0 Å². The van der Waals surface area contributed by atoms with E-state index in [4.69, 9.17) is 23.1 Å². The highest BCUT2D eigenvalue weighted by Crippen LogP contribution is 2.35. The van der Waals surface area contributed by atoms with Gasteiger partial charge < -0.3 is 29.6 Å². The zero-order chi connectivity index (χ0) is 45.1. The molecule has 0 spiro atoms. The number of ether oxygens (including phenoxy) is 4. The Labute approximate surface area is 369 Å². The Morgan fingerprint density at radius 1 is 0.726 bits per heavy atom. The van der Waals surface area contributed by atoms with Crippen molar-refractivity contribution in [2.45, 2.75) is 88.6 Å². The number of carbonyl (C=O) groups is 2. The summed E-state index contributed by atoms with van der Waals surface area (Å²) in [5.41, 5.74) is 3.83. The third kappa shape index (κ3) is 14.1. The number of benzene rings is 3. The second-order valence-corrected chi connectivity index (χ2v) is 17.2. The normalized spacial score (nSPS) is 16.5. The largest absolute Gasteiger partial charge is 0.493 e. The second kappa shape index (κ2) is 25.3. The van der Waals surface area contributed by atoms with Gasteiger partial charge in [-0.2, -0.15) is 8.42 Å². The summed E-state index contributed by atoms with van der Waals surface area (Å²) in [5, 5.41) is 6.13. The molecule has 13 nitrogen and oxygen atoms in total. The minimum Gasteiger partial charge on any atom is -0.493 e. The standard InChI is InChI=1S/C27H36N2O6S.C21H32N2O3/c1-5-14-29-15-6-9-22(29)19-28-27(30)24-17-21(18-25(33-3)26(24)34-4)8-7-16-35-36(31,32)23-12-10-20(2)11-13-23;1-5-7-9-16-13-18(20(26-4)19(14-16)25-3)21(24)22-15-17-10-8-12-23(17)11-6-2/h5,10-13,17-18,22H,1,6-9,14-16,19H2,2-4H3,(H,28,30);6,13-14,17H,2,5,7-12,15H2,1,3-4H3,(H,22,24)/t22-;17-/m00/s1. The number of nitrogens with zero attached hydrogens (tertiary/aromatic N) is 2. The summed E-state index contributed by atoms with van der Waals surface area (Å²) in [5.74, 6) is 1.58. The fourth-order valence-corrected chi connectivity index (χ4v) is 8.89. The van der Waals surface area contributed by atoms with E-state index >= 15 is 0 Å². The van der Waals surface area contributed by atoms with Crippen LogP contribution in [0.1, 0.15) is 89.3 Å². The lowest BCUT2D eigenvalue weighted by Crippen LogP contribution is -2.40. The molecular weight excluding hydrogens is 809 g/mol. The van der Waals surface area contributed by atoms with E-state index in [9.17, 15) is 18.0 Å². The first kappa shape index (κ1) is 49.8. The summed E-state index contributed by atoms with van der Waals surface area (Å²) in [6, 6.07) is 14.6. The summed E-state index contributed by atoms with van der Waals surface area (Å²) in [7, 11) is 2.38. The van der Waals surface area contributed by atoms with Crippen molar-refractivity contribution < 1.29 is 41.1 Å². The van der Waals surface area contributed by atoms with E-state index in [-0.39, 0.29) is 29.4 Å². The van der Waals surface area contributed by atoms with Gasteiger partial charge in [0.2, 0.25) is 0 Å². The zero-order valence-electron chi connectivity index (χ0n) is 37.6. The molecule has 340 valence electrons. The molecule has 0 saturated carbocycles. The van der Waals surface area contributed by atoms with Gasteiger partial charge in [0.05, 0.1) is 51.1 Å². The van der Waals surface area contributed by atoms with E-state index < -0.39 is 10.1 Å². The van der Waals surface area contributed by atoms with Gasteiger partial charge in [-0.15, -0.1) is 13.2 Å². The van der Waals surface area contributed by atoms with E-state index in [2.05, 4.69) is 40.5 Å². The van der Waals surface area contributed by atoms with Crippen LogP contribution in [0.5, 0.6) is 23.0 Å². The number of hydrogen-bond donors (Lipinski definition) is 2. The van der Waals surface area contributed by atoms with Gasteiger partial charge in [0.25, 0.3) is 21.9 Å². The maximum atomic E-state index is 13.1. The average Bonchev–Trinajstić information content (AvgIpc) is 3.93. The lowest BCUT2D eigenvalue weighted by molar-refractivity contribution is 0.0930. The molecule has 2 amide bonds. The van der Waals surface area contributed by atoms with Gasteiger partial charge in [0.1, 0.15) is 0 Å². The first-order valence-electron chi connectivity index (χ1n) is 21.6. The Morgan fingerprint density at radius 2 is 1.19 bits per heavy atom. The Hall–Kier alpha value is -4.89. The predicted molar refractivity (Wildman–Crippen MR) is 245 cm³/mol. The van der Waals surface area contributed by atoms with Crippen molar-refractivity contribution in [1.29, 1.82) is 0 Å². The van der Waals surface area contributed by atoms with Gasteiger partial charge in [0.15, 0.2) is 23.0 Å². The van der Waals surface area contributed by atoms with E-state index in [0.717, 1.165) is 87.8 Å². The van der Waals surface area contributed by atoms with Gasteiger partial charge in [-0.3, -0.25) is 23.6 Å². The third-order valence-corrected chi connectivity index (χ3v) is 12.6. The van der Waals surface area contributed by atoms with Crippen molar-refractivity contribution in [3.05, 3.63) is 102 Å². The first-order valence-corrected chi connectivity index (χ1v) is 23.1. The highest BCUT2D eigenvalue weighted by atomic mass is 32.2. The molecule has 2 aliphatic heterocycles. The van der Waals surface area contributed by atoms with Crippen molar-refractivity contribution in [3.8, 4) is 23.0 Å². The Morgan fingerprint density at radius 3 is 1.61 bits per heavy atom. The van der Waals surface area contributed by atoms with Crippen LogP contribution < -0.4 is 29.6 Å². The maximum absolute atomic E-state index is 13.1. The summed E-state index contributed by atoms with van der Waals surface area (Å²) in [4.78, 5) is 30.8. The summed E-state index contributed by atoms with van der Waals surface area (Å²) < 4.78 is 51.9.